The second-order valence-corrected chi connectivity index (χ2v) is 4.99. The molecule has 1 aliphatic rings. The molecule has 0 saturated heterocycles. The number of rotatable bonds is 5. The van der Waals surface area contributed by atoms with Crippen molar-refractivity contribution in [1.29, 1.82) is 5.26 Å². The Bertz CT molecular complexity index is 574. The number of nitrogens with one attached hydrogen (secondary N) is 2. The molecule has 4 nitrogen and oxygen atoms in total. The molecule has 0 unspecified atom stereocenters. The first-order valence-electron chi connectivity index (χ1n) is 6.52. The van der Waals surface area contributed by atoms with E-state index in [2.05, 4.69) is 10.6 Å². The van der Waals surface area contributed by atoms with E-state index in [9.17, 15) is 18.0 Å². The van der Waals surface area contributed by atoms with Gasteiger partial charge in [-0.2, -0.15) is 18.4 Å². The van der Waals surface area contributed by atoms with Crippen LogP contribution in [0.15, 0.2) is 18.2 Å². The molecule has 21 heavy (non-hydrogen) atoms. The van der Waals surface area contributed by atoms with Crippen LogP contribution in [-0.4, -0.2) is 19.0 Å². The first-order chi connectivity index (χ1) is 9.90. The number of nitrogens with zero attached hydrogens (tertiary/aromatic N) is 1. The number of amides is 1. The van der Waals surface area contributed by atoms with Crippen LogP contribution in [0.1, 0.15) is 24.0 Å². The zero-order valence-electron chi connectivity index (χ0n) is 11.1. The summed E-state index contributed by atoms with van der Waals surface area (Å²) >= 11 is 0. The van der Waals surface area contributed by atoms with Gasteiger partial charge in [0.15, 0.2) is 0 Å². The van der Waals surface area contributed by atoms with Gasteiger partial charge >= 0.3 is 6.18 Å². The predicted molar refractivity (Wildman–Crippen MR) is 70.4 cm³/mol. The third-order valence-corrected chi connectivity index (χ3v) is 3.14. The summed E-state index contributed by atoms with van der Waals surface area (Å²) in [5.74, 6) is 0.0457. The maximum Gasteiger partial charge on any atom is 0.418 e. The standard InChI is InChI=1S/C14H14F3N3O/c15-14(16,17)11-5-10(6-18)3-4-12(11)20-13(21)8-19-7-9-1-2-9/h3-5,9,19H,1-2,7-8H2,(H,20,21). The van der Waals surface area contributed by atoms with Gasteiger partial charge in [0.1, 0.15) is 0 Å². The fourth-order valence-electron chi connectivity index (χ4n) is 1.86. The molecule has 2 rings (SSSR count). The summed E-state index contributed by atoms with van der Waals surface area (Å²) in [7, 11) is 0. The number of halogens is 3. The minimum absolute atomic E-state index is 0.0339. The Labute approximate surface area is 119 Å². The van der Waals surface area contributed by atoms with Gasteiger partial charge in [-0.05, 0) is 43.5 Å². The topological polar surface area (TPSA) is 64.9 Å². The molecule has 0 radical (unpaired) electrons. The normalized spacial score (nSPS) is 14.6. The SMILES string of the molecule is N#Cc1ccc(NC(=O)CNCC2CC2)c(C(F)(F)F)c1. The van der Waals surface area contributed by atoms with Gasteiger partial charge in [0.05, 0.1) is 29.4 Å². The van der Waals surface area contributed by atoms with Crippen LogP contribution in [0.25, 0.3) is 0 Å². The Morgan fingerprint density at radius 1 is 1.38 bits per heavy atom. The molecule has 112 valence electrons. The second kappa shape index (κ2) is 6.14. The van der Waals surface area contributed by atoms with E-state index in [-0.39, 0.29) is 17.8 Å². The lowest BCUT2D eigenvalue weighted by atomic mass is 10.1. The maximum atomic E-state index is 12.9. The quantitative estimate of drug-likeness (QED) is 0.877. The molecule has 0 aliphatic heterocycles. The van der Waals surface area contributed by atoms with Crippen molar-refractivity contribution < 1.29 is 18.0 Å². The van der Waals surface area contributed by atoms with E-state index in [1.165, 1.54) is 6.07 Å². The average molecular weight is 297 g/mol. The minimum atomic E-state index is -4.63. The van der Waals surface area contributed by atoms with Crippen LogP contribution in [0.3, 0.4) is 0 Å². The first kappa shape index (κ1) is 15.3. The molecular weight excluding hydrogens is 283 g/mol. The highest BCUT2D eigenvalue weighted by Crippen LogP contribution is 2.35. The molecule has 0 heterocycles. The van der Waals surface area contributed by atoms with Crippen LogP contribution in [0, 0.1) is 17.2 Å². The van der Waals surface area contributed by atoms with Gasteiger partial charge in [-0.1, -0.05) is 0 Å². The molecule has 0 bridgehead atoms. The number of hydrogen-bond acceptors (Lipinski definition) is 3. The van der Waals surface area contributed by atoms with Crippen molar-refractivity contribution in [3.8, 4) is 6.07 Å². The summed E-state index contributed by atoms with van der Waals surface area (Å²) in [4.78, 5) is 11.6. The molecule has 1 aromatic rings. The number of carbonyl (C=O) groups excluding carboxylic acids is 1. The molecule has 1 amide bonds. The van der Waals surface area contributed by atoms with Gasteiger partial charge < -0.3 is 10.6 Å². The third-order valence-electron chi connectivity index (χ3n) is 3.14. The van der Waals surface area contributed by atoms with Crippen molar-refractivity contribution in [1.82, 2.24) is 5.32 Å². The summed E-state index contributed by atoms with van der Waals surface area (Å²) in [6, 6.07) is 4.71. The highest BCUT2D eigenvalue weighted by atomic mass is 19.4. The summed E-state index contributed by atoms with van der Waals surface area (Å²) in [5.41, 5.74) is -1.45. The summed E-state index contributed by atoms with van der Waals surface area (Å²) in [6.45, 7) is 0.667. The van der Waals surface area contributed by atoms with Crippen LogP contribution < -0.4 is 10.6 Å². The van der Waals surface area contributed by atoms with Crippen molar-refractivity contribution >= 4 is 11.6 Å². The number of nitriles is 1. The van der Waals surface area contributed by atoms with E-state index in [1.54, 1.807) is 6.07 Å². The van der Waals surface area contributed by atoms with Crippen LogP contribution >= 0.6 is 0 Å². The lowest BCUT2D eigenvalue weighted by molar-refractivity contribution is -0.137. The van der Waals surface area contributed by atoms with E-state index in [0.29, 0.717) is 12.5 Å². The van der Waals surface area contributed by atoms with Crippen molar-refractivity contribution in [3.05, 3.63) is 29.3 Å². The largest absolute Gasteiger partial charge is 0.418 e. The third kappa shape index (κ3) is 4.46. The van der Waals surface area contributed by atoms with Crippen LogP contribution in [-0.2, 0) is 11.0 Å². The maximum absolute atomic E-state index is 12.9. The van der Waals surface area contributed by atoms with E-state index in [4.69, 9.17) is 5.26 Å². The van der Waals surface area contributed by atoms with E-state index in [0.717, 1.165) is 25.0 Å². The molecular formula is C14H14F3N3O. The van der Waals surface area contributed by atoms with Crippen LogP contribution in [0.2, 0.25) is 0 Å². The van der Waals surface area contributed by atoms with E-state index < -0.39 is 17.6 Å². The number of hydrogen-bond donors (Lipinski definition) is 2. The van der Waals surface area contributed by atoms with Gasteiger partial charge in [-0.15, -0.1) is 0 Å². The first-order valence-corrected chi connectivity index (χ1v) is 6.52. The van der Waals surface area contributed by atoms with Crippen molar-refractivity contribution in [2.75, 3.05) is 18.4 Å². The van der Waals surface area contributed by atoms with Gasteiger partial charge in [0.2, 0.25) is 5.91 Å². The zero-order chi connectivity index (χ0) is 15.5. The molecule has 0 aromatic heterocycles. The van der Waals surface area contributed by atoms with Crippen molar-refractivity contribution in [2.45, 2.75) is 19.0 Å². The summed E-state index contributed by atoms with van der Waals surface area (Å²) < 4.78 is 38.7. The number of alkyl halides is 3. The van der Waals surface area contributed by atoms with Gasteiger partial charge in [0, 0.05) is 0 Å². The molecule has 1 aliphatic carbocycles. The lowest BCUT2D eigenvalue weighted by Gasteiger charge is -2.14. The predicted octanol–water partition coefficient (Wildman–Crippen LogP) is 2.52. The van der Waals surface area contributed by atoms with Crippen molar-refractivity contribution in [2.24, 2.45) is 5.92 Å². The molecule has 1 aromatic carbocycles. The Balaban J connectivity index is 2.03. The highest BCUT2D eigenvalue weighted by molar-refractivity contribution is 5.93. The Hall–Kier alpha value is -2.07. The number of carbonyl (C=O) groups is 1. The van der Waals surface area contributed by atoms with Crippen LogP contribution in [0.4, 0.5) is 18.9 Å². The Morgan fingerprint density at radius 3 is 2.67 bits per heavy atom. The van der Waals surface area contributed by atoms with Gasteiger partial charge in [-0.25, -0.2) is 0 Å². The summed E-state index contributed by atoms with van der Waals surface area (Å²) in [5, 5.41) is 13.8. The monoisotopic (exact) mass is 297 g/mol. The molecule has 1 fully saturated rings. The molecule has 0 spiro atoms. The van der Waals surface area contributed by atoms with E-state index >= 15 is 0 Å². The zero-order valence-corrected chi connectivity index (χ0v) is 11.1. The smallest absolute Gasteiger partial charge is 0.324 e. The van der Waals surface area contributed by atoms with Gasteiger partial charge in [0.25, 0.3) is 0 Å². The number of benzene rings is 1. The van der Waals surface area contributed by atoms with Gasteiger partial charge in [-0.3, -0.25) is 4.79 Å². The molecule has 7 heteroatoms. The minimum Gasteiger partial charge on any atom is -0.324 e. The highest BCUT2D eigenvalue weighted by Gasteiger charge is 2.34. The molecule has 1 saturated carbocycles. The molecule has 2 N–H and O–H groups in total. The fourth-order valence-corrected chi connectivity index (χ4v) is 1.86. The molecule has 0 atom stereocenters. The summed E-state index contributed by atoms with van der Waals surface area (Å²) in [6.07, 6.45) is -2.37. The Morgan fingerprint density at radius 2 is 2.10 bits per heavy atom. The second-order valence-electron chi connectivity index (χ2n) is 4.99. The fraction of sp³-hybridized carbons (Fsp3) is 0.429. The lowest BCUT2D eigenvalue weighted by Crippen LogP contribution is -2.30. The average Bonchev–Trinajstić information content (AvgIpc) is 3.22. The van der Waals surface area contributed by atoms with Crippen LogP contribution in [0.5, 0.6) is 0 Å². The van der Waals surface area contributed by atoms with Crippen molar-refractivity contribution in [3.63, 3.8) is 0 Å². The number of anilines is 1. The Kier molecular flexibility index (Phi) is 4.48. The van der Waals surface area contributed by atoms with E-state index in [1.807, 2.05) is 0 Å².